The van der Waals surface area contributed by atoms with Crippen molar-refractivity contribution >= 4 is 5.91 Å². The zero-order valence-electron chi connectivity index (χ0n) is 12.9. The minimum absolute atomic E-state index is 0.00409. The van der Waals surface area contributed by atoms with E-state index in [1.54, 1.807) is 18.2 Å². The average Bonchev–Trinajstić information content (AvgIpc) is 3.17. The number of carbonyl (C=O) groups is 1. The maximum absolute atomic E-state index is 14.0. The summed E-state index contributed by atoms with van der Waals surface area (Å²) in [6, 6.07) is 5.30. The first-order chi connectivity index (χ1) is 10.6. The monoisotopic (exact) mass is 307 g/mol. The lowest BCUT2D eigenvalue weighted by Gasteiger charge is -2.22. The van der Waals surface area contributed by atoms with Crippen molar-refractivity contribution in [3.8, 4) is 5.75 Å². The number of aryl methyl sites for hydroxylation is 1. The second-order valence-corrected chi connectivity index (χ2v) is 6.23. The number of carbonyl (C=O) groups excluding carboxylic acids is 1. The Morgan fingerprint density at radius 3 is 2.95 bits per heavy atom. The molecular formula is C17H22FNO3. The van der Waals surface area contributed by atoms with E-state index in [4.69, 9.17) is 9.47 Å². The van der Waals surface area contributed by atoms with Gasteiger partial charge in [-0.2, -0.15) is 0 Å². The molecule has 1 saturated carbocycles. The summed E-state index contributed by atoms with van der Waals surface area (Å²) in [6.07, 6.45) is 3.80. The van der Waals surface area contributed by atoms with Crippen LogP contribution in [0.3, 0.4) is 0 Å². The van der Waals surface area contributed by atoms with E-state index in [9.17, 15) is 9.18 Å². The van der Waals surface area contributed by atoms with E-state index >= 15 is 0 Å². The van der Waals surface area contributed by atoms with Crippen LogP contribution in [-0.2, 0) is 16.0 Å². The Kier molecular flexibility index (Phi) is 4.34. The molecule has 0 radical (unpaired) electrons. The SMILES string of the molecule is COc1cccc(CCC(=O)NC2CC23CCOCC3)c1F. The third-order valence-electron chi connectivity index (χ3n) is 4.90. The fourth-order valence-corrected chi connectivity index (χ4v) is 3.30. The van der Waals surface area contributed by atoms with Crippen molar-refractivity contribution in [2.45, 2.75) is 38.1 Å². The first-order valence-corrected chi connectivity index (χ1v) is 7.83. The number of halogens is 1. The Hall–Kier alpha value is -1.62. The van der Waals surface area contributed by atoms with Crippen LogP contribution < -0.4 is 10.1 Å². The minimum atomic E-state index is -0.370. The third-order valence-corrected chi connectivity index (χ3v) is 4.90. The Balaban J connectivity index is 1.49. The molecule has 1 saturated heterocycles. The van der Waals surface area contributed by atoms with Crippen LogP contribution >= 0.6 is 0 Å². The summed E-state index contributed by atoms with van der Waals surface area (Å²) in [5, 5.41) is 3.08. The zero-order chi connectivity index (χ0) is 15.6. The van der Waals surface area contributed by atoms with E-state index in [1.807, 2.05) is 0 Å². The molecule has 4 nitrogen and oxygen atoms in total. The van der Waals surface area contributed by atoms with Crippen LogP contribution in [-0.4, -0.2) is 32.3 Å². The first kappa shape index (κ1) is 15.3. The van der Waals surface area contributed by atoms with Crippen LogP contribution in [0.2, 0.25) is 0 Å². The van der Waals surface area contributed by atoms with Gasteiger partial charge in [0.1, 0.15) is 0 Å². The van der Waals surface area contributed by atoms with Gasteiger partial charge >= 0.3 is 0 Å². The molecular weight excluding hydrogens is 285 g/mol. The second kappa shape index (κ2) is 6.24. The smallest absolute Gasteiger partial charge is 0.220 e. The molecule has 1 atom stereocenters. The molecule has 3 rings (SSSR count). The van der Waals surface area contributed by atoms with Crippen LogP contribution in [0.5, 0.6) is 5.75 Å². The number of hydrogen-bond acceptors (Lipinski definition) is 3. The summed E-state index contributed by atoms with van der Waals surface area (Å²) in [6.45, 7) is 1.59. The molecule has 1 spiro atoms. The molecule has 1 aromatic carbocycles. The Morgan fingerprint density at radius 2 is 2.23 bits per heavy atom. The third kappa shape index (κ3) is 3.09. The highest BCUT2D eigenvalue weighted by molar-refractivity contribution is 5.77. The quantitative estimate of drug-likeness (QED) is 0.909. The van der Waals surface area contributed by atoms with Crippen LogP contribution in [0, 0.1) is 11.2 Å². The molecule has 1 heterocycles. The van der Waals surface area contributed by atoms with Crippen molar-refractivity contribution in [3.63, 3.8) is 0 Å². The van der Waals surface area contributed by atoms with Crippen molar-refractivity contribution in [2.75, 3.05) is 20.3 Å². The number of benzene rings is 1. The van der Waals surface area contributed by atoms with Gasteiger partial charge in [0.2, 0.25) is 5.91 Å². The molecule has 1 amide bonds. The van der Waals surface area contributed by atoms with Gasteiger partial charge in [0.05, 0.1) is 7.11 Å². The summed E-state index contributed by atoms with van der Waals surface area (Å²) >= 11 is 0. The molecule has 1 aliphatic heterocycles. The lowest BCUT2D eigenvalue weighted by Crippen LogP contribution is -2.32. The van der Waals surface area contributed by atoms with E-state index in [0.29, 0.717) is 18.4 Å². The van der Waals surface area contributed by atoms with Crippen molar-refractivity contribution < 1.29 is 18.7 Å². The highest BCUT2D eigenvalue weighted by Crippen LogP contribution is 2.53. The molecule has 2 aliphatic rings. The number of ether oxygens (including phenoxy) is 2. The summed E-state index contributed by atoms with van der Waals surface area (Å²) in [4.78, 5) is 12.1. The second-order valence-electron chi connectivity index (χ2n) is 6.23. The Bertz CT molecular complexity index is 555. The highest BCUT2D eigenvalue weighted by atomic mass is 19.1. The fourth-order valence-electron chi connectivity index (χ4n) is 3.30. The fraction of sp³-hybridized carbons (Fsp3) is 0.588. The molecule has 0 bridgehead atoms. The summed E-state index contributed by atoms with van der Waals surface area (Å²) in [5.41, 5.74) is 0.792. The van der Waals surface area contributed by atoms with Gasteiger partial charge in [-0.15, -0.1) is 0 Å². The van der Waals surface area contributed by atoms with E-state index in [-0.39, 0.29) is 28.9 Å². The van der Waals surface area contributed by atoms with Gasteiger partial charge in [-0.1, -0.05) is 12.1 Å². The van der Waals surface area contributed by atoms with Crippen LogP contribution in [0.4, 0.5) is 4.39 Å². The molecule has 2 fully saturated rings. The van der Waals surface area contributed by atoms with E-state index in [1.165, 1.54) is 7.11 Å². The largest absolute Gasteiger partial charge is 0.494 e. The van der Waals surface area contributed by atoms with Gasteiger partial charge in [0.25, 0.3) is 0 Å². The predicted octanol–water partition coefficient (Wildman–Crippen LogP) is 2.45. The molecule has 120 valence electrons. The molecule has 1 unspecified atom stereocenters. The number of methoxy groups -OCH3 is 1. The molecule has 0 aromatic heterocycles. The maximum atomic E-state index is 14.0. The van der Waals surface area contributed by atoms with Crippen LogP contribution in [0.25, 0.3) is 0 Å². The summed E-state index contributed by atoms with van der Waals surface area (Å²) in [5.74, 6) is -0.151. The lowest BCUT2D eigenvalue weighted by molar-refractivity contribution is -0.121. The lowest BCUT2D eigenvalue weighted by atomic mass is 9.96. The van der Waals surface area contributed by atoms with Gasteiger partial charge in [-0.05, 0) is 42.7 Å². The average molecular weight is 307 g/mol. The van der Waals surface area contributed by atoms with Crippen molar-refractivity contribution in [1.29, 1.82) is 0 Å². The van der Waals surface area contributed by atoms with Gasteiger partial charge in [0, 0.05) is 25.7 Å². The Morgan fingerprint density at radius 1 is 1.45 bits per heavy atom. The van der Waals surface area contributed by atoms with E-state index < -0.39 is 0 Å². The van der Waals surface area contributed by atoms with Crippen molar-refractivity contribution in [3.05, 3.63) is 29.6 Å². The molecule has 22 heavy (non-hydrogen) atoms. The minimum Gasteiger partial charge on any atom is -0.494 e. The van der Waals surface area contributed by atoms with Gasteiger partial charge in [-0.25, -0.2) is 4.39 Å². The maximum Gasteiger partial charge on any atom is 0.220 e. The standard InChI is InChI=1S/C17H22FNO3/c1-21-13-4-2-3-12(16(13)18)5-6-15(20)19-14-11-17(14)7-9-22-10-8-17/h2-4,14H,5-11H2,1H3,(H,19,20). The van der Waals surface area contributed by atoms with Crippen LogP contribution in [0.1, 0.15) is 31.2 Å². The molecule has 1 aromatic rings. The van der Waals surface area contributed by atoms with Crippen molar-refractivity contribution in [2.24, 2.45) is 5.41 Å². The Labute approximate surface area is 130 Å². The molecule has 1 aliphatic carbocycles. The summed E-state index contributed by atoms with van der Waals surface area (Å²) < 4.78 is 24.3. The van der Waals surface area contributed by atoms with Gasteiger partial charge < -0.3 is 14.8 Å². The predicted molar refractivity (Wildman–Crippen MR) is 80.3 cm³/mol. The normalized spacial score (nSPS) is 22.4. The van der Waals surface area contributed by atoms with E-state index in [2.05, 4.69) is 5.32 Å². The number of rotatable bonds is 5. The number of hydrogen-bond donors (Lipinski definition) is 1. The number of nitrogens with one attached hydrogen (secondary N) is 1. The van der Waals surface area contributed by atoms with Crippen LogP contribution in [0.15, 0.2) is 18.2 Å². The molecule has 1 N–H and O–H groups in total. The number of amides is 1. The van der Waals surface area contributed by atoms with Gasteiger partial charge in [0.15, 0.2) is 11.6 Å². The topological polar surface area (TPSA) is 47.6 Å². The van der Waals surface area contributed by atoms with Gasteiger partial charge in [-0.3, -0.25) is 4.79 Å². The van der Waals surface area contributed by atoms with Crippen molar-refractivity contribution in [1.82, 2.24) is 5.32 Å². The molecule has 5 heteroatoms. The first-order valence-electron chi connectivity index (χ1n) is 7.83. The highest BCUT2D eigenvalue weighted by Gasteiger charge is 2.54. The summed E-state index contributed by atoms with van der Waals surface area (Å²) in [7, 11) is 1.44. The van der Waals surface area contributed by atoms with E-state index in [0.717, 1.165) is 32.5 Å². The zero-order valence-corrected chi connectivity index (χ0v) is 12.9.